The summed E-state index contributed by atoms with van der Waals surface area (Å²) in [4.78, 5) is 20.0. The second kappa shape index (κ2) is 6.45. The van der Waals surface area contributed by atoms with Crippen LogP contribution in [0.5, 0.6) is 0 Å². The molecule has 4 heterocycles. The number of anilines is 1. The number of thiazole rings is 1. The standard InChI is InChI=1S/C16H18N6S/c1-3-13(9-22(7-1)16-18-4-2-5-19-16)15-17-6-8-21(15)10-14-11-23-12-20-14/h2,4-6,8,11-13H,1,3,7,9-10H2/t13-/m0/s1. The molecule has 0 spiro atoms. The van der Waals surface area contributed by atoms with E-state index in [9.17, 15) is 0 Å². The van der Waals surface area contributed by atoms with E-state index in [4.69, 9.17) is 0 Å². The van der Waals surface area contributed by atoms with Crippen molar-refractivity contribution in [2.24, 2.45) is 0 Å². The van der Waals surface area contributed by atoms with E-state index in [0.29, 0.717) is 5.92 Å². The van der Waals surface area contributed by atoms with Crippen molar-refractivity contribution in [2.45, 2.75) is 25.3 Å². The molecule has 0 saturated carbocycles. The highest BCUT2D eigenvalue weighted by Crippen LogP contribution is 2.27. The van der Waals surface area contributed by atoms with Gasteiger partial charge in [-0.1, -0.05) is 0 Å². The molecule has 0 unspecified atom stereocenters. The van der Waals surface area contributed by atoms with Gasteiger partial charge in [-0.3, -0.25) is 0 Å². The zero-order chi connectivity index (χ0) is 15.5. The van der Waals surface area contributed by atoms with E-state index in [-0.39, 0.29) is 0 Å². The molecule has 0 radical (unpaired) electrons. The van der Waals surface area contributed by atoms with Crippen molar-refractivity contribution < 1.29 is 0 Å². The molecule has 1 fully saturated rings. The van der Waals surface area contributed by atoms with E-state index in [1.54, 1.807) is 23.7 Å². The highest BCUT2D eigenvalue weighted by atomic mass is 32.1. The zero-order valence-electron chi connectivity index (χ0n) is 12.7. The Bertz CT molecular complexity index is 739. The van der Waals surface area contributed by atoms with Crippen molar-refractivity contribution in [2.75, 3.05) is 18.0 Å². The molecule has 1 aliphatic rings. The van der Waals surface area contributed by atoms with Crippen LogP contribution < -0.4 is 4.90 Å². The van der Waals surface area contributed by atoms with Crippen molar-refractivity contribution in [1.29, 1.82) is 0 Å². The van der Waals surface area contributed by atoms with Crippen LogP contribution in [0, 0.1) is 0 Å². The van der Waals surface area contributed by atoms with E-state index >= 15 is 0 Å². The summed E-state index contributed by atoms with van der Waals surface area (Å²) >= 11 is 1.63. The van der Waals surface area contributed by atoms with Crippen molar-refractivity contribution in [1.82, 2.24) is 24.5 Å². The van der Waals surface area contributed by atoms with Crippen molar-refractivity contribution in [3.8, 4) is 0 Å². The Morgan fingerprint density at radius 3 is 2.87 bits per heavy atom. The molecule has 0 aliphatic carbocycles. The van der Waals surface area contributed by atoms with E-state index in [2.05, 4.69) is 34.8 Å². The van der Waals surface area contributed by atoms with E-state index in [1.807, 2.05) is 24.0 Å². The van der Waals surface area contributed by atoms with Crippen LogP contribution in [0.1, 0.15) is 30.3 Å². The number of aromatic nitrogens is 5. The maximum absolute atomic E-state index is 4.62. The molecule has 0 N–H and O–H groups in total. The molecule has 0 amide bonds. The maximum Gasteiger partial charge on any atom is 0.225 e. The number of hydrogen-bond donors (Lipinski definition) is 0. The van der Waals surface area contributed by atoms with Gasteiger partial charge in [-0.05, 0) is 18.9 Å². The minimum Gasteiger partial charge on any atom is -0.340 e. The summed E-state index contributed by atoms with van der Waals surface area (Å²) in [5.74, 6) is 2.36. The predicted octanol–water partition coefficient (Wildman–Crippen LogP) is 2.56. The third-order valence-electron chi connectivity index (χ3n) is 4.19. The third kappa shape index (κ3) is 3.10. The van der Waals surface area contributed by atoms with Gasteiger partial charge in [-0.25, -0.2) is 19.9 Å². The Kier molecular flexibility index (Phi) is 4.02. The summed E-state index contributed by atoms with van der Waals surface area (Å²) < 4.78 is 2.22. The van der Waals surface area contributed by atoms with Gasteiger partial charge in [0.05, 0.1) is 17.7 Å². The van der Waals surface area contributed by atoms with Crippen molar-refractivity contribution >= 4 is 17.3 Å². The van der Waals surface area contributed by atoms with Crippen LogP contribution in [0.25, 0.3) is 0 Å². The third-order valence-corrected chi connectivity index (χ3v) is 4.82. The predicted molar refractivity (Wildman–Crippen MR) is 89.7 cm³/mol. The fourth-order valence-corrected chi connectivity index (χ4v) is 3.68. The lowest BCUT2D eigenvalue weighted by Gasteiger charge is -2.32. The van der Waals surface area contributed by atoms with Crippen molar-refractivity contribution in [3.05, 3.63) is 53.3 Å². The Morgan fingerprint density at radius 1 is 1.13 bits per heavy atom. The largest absolute Gasteiger partial charge is 0.340 e. The van der Waals surface area contributed by atoms with Gasteiger partial charge >= 0.3 is 0 Å². The normalized spacial score (nSPS) is 18.3. The second-order valence-corrected chi connectivity index (χ2v) is 6.45. The van der Waals surface area contributed by atoms with Gasteiger partial charge in [-0.15, -0.1) is 11.3 Å². The highest BCUT2D eigenvalue weighted by molar-refractivity contribution is 7.07. The van der Waals surface area contributed by atoms with E-state index in [0.717, 1.165) is 49.9 Å². The fraction of sp³-hybridized carbons (Fsp3) is 0.375. The molecule has 7 heteroatoms. The smallest absolute Gasteiger partial charge is 0.225 e. The lowest BCUT2D eigenvalue weighted by Crippen LogP contribution is -2.36. The van der Waals surface area contributed by atoms with Crippen LogP contribution >= 0.6 is 11.3 Å². The second-order valence-electron chi connectivity index (χ2n) is 5.73. The van der Waals surface area contributed by atoms with Crippen LogP contribution in [0.4, 0.5) is 5.95 Å². The molecule has 118 valence electrons. The van der Waals surface area contributed by atoms with Crippen LogP contribution in [-0.2, 0) is 6.54 Å². The SMILES string of the molecule is c1cnc(N2CCC[C@H](c3nccn3Cc3cscn3)C2)nc1. The topological polar surface area (TPSA) is 59.7 Å². The summed E-state index contributed by atoms with van der Waals surface area (Å²) in [7, 11) is 0. The first-order valence-electron chi connectivity index (χ1n) is 7.80. The molecule has 1 aliphatic heterocycles. The van der Waals surface area contributed by atoms with Gasteiger partial charge < -0.3 is 9.47 Å². The van der Waals surface area contributed by atoms with Gasteiger partial charge in [0.2, 0.25) is 5.95 Å². The lowest BCUT2D eigenvalue weighted by molar-refractivity contribution is 0.471. The van der Waals surface area contributed by atoms with Crippen LogP contribution in [-0.4, -0.2) is 37.6 Å². The molecule has 0 bridgehead atoms. The van der Waals surface area contributed by atoms with Crippen LogP contribution in [0.15, 0.2) is 41.7 Å². The molecule has 4 rings (SSSR count). The summed E-state index contributed by atoms with van der Waals surface area (Å²) in [6, 6.07) is 1.85. The van der Waals surface area contributed by atoms with E-state index < -0.39 is 0 Å². The molecule has 1 saturated heterocycles. The molecule has 6 nitrogen and oxygen atoms in total. The van der Waals surface area contributed by atoms with Gasteiger partial charge in [0.15, 0.2) is 0 Å². The summed E-state index contributed by atoms with van der Waals surface area (Å²) in [5, 5.41) is 2.09. The van der Waals surface area contributed by atoms with E-state index in [1.165, 1.54) is 0 Å². The average Bonchev–Trinajstić information content (AvgIpc) is 3.28. The van der Waals surface area contributed by atoms with Gasteiger partial charge in [0.1, 0.15) is 5.82 Å². The summed E-state index contributed by atoms with van der Waals surface area (Å²) in [5.41, 5.74) is 2.97. The van der Waals surface area contributed by atoms with Gasteiger partial charge in [0.25, 0.3) is 0 Å². The zero-order valence-corrected chi connectivity index (χ0v) is 13.6. The molecule has 23 heavy (non-hydrogen) atoms. The highest BCUT2D eigenvalue weighted by Gasteiger charge is 2.26. The quantitative estimate of drug-likeness (QED) is 0.737. The summed E-state index contributed by atoms with van der Waals surface area (Å²) in [6.45, 7) is 2.71. The fourth-order valence-electron chi connectivity index (χ4n) is 3.13. The Balaban J connectivity index is 1.53. The molecule has 0 aromatic carbocycles. The minimum atomic E-state index is 0.404. The Hall–Kier alpha value is -2.28. The first-order chi connectivity index (χ1) is 11.4. The van der Waals surface area contributed by atoms with Crippen LogP contribution in [0.3, 0.4) is 0 Å². The molecular formula is C16H18N6S. The number of nitrogens with zero attached hydrogens (tertiary/aromatic N) is 6. The van der Waals surface area contributed by atoms with Gasteiger partial charge in [-0.2, -0.15) is 0 Å². The van der Waals surface area contributed by atoms with Crippen molar-refractivity contribution in [3.63, 3.8) is 0 Å². The number of hydrogen-bond acceptors (Lipinski definition) is 6. The number of imidazole rings is 1. The lowest BCUT2D eigenvalue weighted by atomic mass is 9.97. The summed E-state index contributed by atoms with van der Waals surface area (Å²) in [6.07, 6.45) is 9.82. The number of piperidine rings is 1. The monoisotopic (exact) mass is 326 g/mol. The molecule has 3 aromatic heterocycles. The molecule has 1 atom stereocenters. The Labute approximate surface area is 138 Å². The van der Waals surface area contributed by atoms with Crippen LogP contribution in [0.2, 0.25) is 0 Å². The molecular weight excluding hydrogens is 308 g/mol. The number of rotatable bonds is 4. The first kappa shape index (κ1) is 14.3. The average molecular weight is 326 g/mol. The molecule has 3 aromatic rings. The maximum atomic E-state index is 4.62. The Morgan fingerprint density at radius 2 is 2.04 bits per heavy atom. The van der Waals surface area contributed by atoms with Gasteiger partial charge in [0, 0.05) is 49.2 Å². The minimum absolute atomic E-state index is 0.404. The first-order valence-corrected chi connectivity index (χ1v) is 8.74.